The van der Waals surface area contributed by atoms with E-state index in [0.717, 1.165) is 12.0 Å². The summed E-state index contributed by atoms with van der Waals surface area (Å²) in [7, 11) is 0. The van der Waals surface area contributed by atoms with Crippen molar-refractivity contribution in [1.29, 1.82) is 0 Å². The Hall–Kier alpha value is -2.95. The van der Waals surface area contributed by atoms with E-state index >= 15 is 0 Å². The first-order chi connectivity index (χ1) is 11.7. The van der Waals surface area contributed by atoms with Gasteiger partial charge in [-0.3, -0.25) is 4.79 Å². The Kier molecular flexibility index (Phi) is 5.01. The van der Waals surface area contributed by atoms with Gasteiger partial charge in [0.05, 0.1) is 6.54 Å². The van der Waals surface area contributed by atoms with Crippen molar-refractivity contribution in [2.24, 2.45) is 0 Å². The van der Waals surface area contributed by atoms with Gasteiger partial charge in [0.2, 0.25) is 17.7 Å². The van der Waals surface area contributed by atoms with E-state index < -0.39 is 0 Å². The lowest BCUT2D eigenvalue weighted by atomic mass is 10.0. The van der Waals surface area contributed by atoms with Gasteiger partial charge in [0.15, 0.2) is 0 Å². The number of nitrogens with zero attached hydrogens (tertiary/aromatic N) is 2. The highest BCUT2D eigenvalue weighted by Crippen LogP contribution is 2.16. The number of aromatic nitrogens is 2. The molecule has 0 radical (unpaired) electrons. The Morgan fingerprint density at radius 1 is 1.04 bits per heavy atom. The van der Waals surface area contributed by atoms with Crippen LogP contribution in [0.3, 0.4) is 0 Å². The van der Waals surface area contributed by atoms with Gasteiger partial charge in [0.25, 0.3) is 0 Å². The molecule has 0 saturated carbocycles. The molecule has 3 rings (SSSR count). The number of rotatable bonds is 6. The summed E-state index contributed by atoms with van der Waals surface area (Å²) in [6.45, 7) is 2.29. The molecule has 1 heterocycles. The van der Waals surface area contributed by atoms with E-state index in [4.69, 9.17) is 4.42 Å². The predicted molar refractivity (Wildman–Crippen MR) is 91.1 cm³/mol. The lowest BCUT2D eigenvalue weighted by molar-refractivity contribution is -0.121. The van der Waals surface area contributed by atoms with Crippen LogP contribution in [-0.4, -0.2) is 16.1 Å². The first-order valence-electron chi connectivity index (χ1n) is 7.91. The average Bonchev–Trinajstić information content (AvgIpc) is 3.09. The number of hydrogen-bond acceptors (Lipinski definition) is 4. The van der Waals surface area contributed by atoms with Crippen molar-refractivity contribution < 1.29 is 9.21 Å². The summed E-state index contributed by atoms with van der Waals surface area (Å²) in [5.74, 6) is 0.829. The zero-order valence-electron chi connectivity index (χ0n) is 13.5. The third-order valence-corrected chi connectivity index (χ3v) is 3.81. The van der Waals surface area contributed by atoms with Crippen LogP contribution in [0.4, 0.5) is 0 Å². The van der Waals surface area contributed by atoms with Gasteiger partial charge < -0.3 is 9.73 Å². The van der Waals surface area contributed by atoms with E-state index in [-0.39, 0.29) is 12.5 Å². The van der Waals surface area contributed by atoms with Crippen molar-refractivity contribution in [1.82, 2.24) is 15.5 Å². The van der Waals surface area contributed by atoms with Crippen LogP contribution in [0.15, 0.2) is 59.0 Å². The summed E-state index contributed by atoms with van der Waals surface area (Å²) >= 11 is 0. The quantitative estimate of drug-likeness (QED) is 0.756. The number of hydrogen-bond donors (Lipinski definition) is 1. The summed E-state index contributed by atoms with van der Waals surface area (Å²) in [5, 5.41) is 10.8. The van der Waals surface area contributed by atoms with Gasteiger partial charge in [0, 0.05) is 12.0 Å². The van der Waals surface area contributed by atoms with Crippen LogP contribution in [0.5, 0.6) is 0 Å². The molecular formula is C19H19N3O2. The SMILES string of the molecule is Cc1ccccc1CCC(=O)NCc1nnc(-c2ccccc2)o1. The van der Waals surface area contributed by atoms with Crippen LogP contribution in [-0.2, 0) is 17.8 Å². The second-order valence-electron chi connectivity index (χ2n) is 5.57. The first kappa shape index (κ1) is 15.9. The summed E-state index contributed by atoms with van der Waals surface area (Å²) < 4.78 is 5.57. The second-order valence-corrected chi connectivity index (χ2v) is 5.57. The normalized spacial score (nSPS) is 10.5. The third kappa shape index (κ3) is 4.07. The molecule has 1 aromatic heterocycles. The number of aryl methyl sites for hydroxylation is 2. The number of amides is 1. The fourth-order valence-electron chi connectivity index (χ4n) is 2.42. The third-order valence-electron chi connectivity index (χ3n) is 3.81. The highest BCUT2D eigenvalue weighted by molar-refractivity contribution is 5.76. The van der Waals surface area contributed by atoms with E-state index in [0.29, 0.717) is 18.2 Å². The Balaban J connectivity index is 1.50. The van der Waals surface area contributed by atoms with Gasteiger partial charge in [-0.1, -0.05) is 42.5 Å². The zero-order chi connectivity index (χ0) is 16.8. The molecular weight excluding hydrogens is 302 g/mol. The standard InChI is InChI=1S/C19H19N3O2/c1-14-7-5-6-8-15(14)11-12-17(23)20-13-18-21-22-19(24-18)16-9-3-2-4-10-16/h2-10H,11-13H2,1H3,(H,20,23). The van der Waals surface area contributed by atoms with Crippen LogP contribution in [0.2, 0.25) is 0 Å². The van der Waals surface area contributed by atoms with Crippen molar-refractivity contribution in [2.75, 3.05) is 0 Å². The summed E-state index contributed by atoms with van der Waals surface area (Å²) in [6, 6.07) is 17.6. The molecule has 0 aliphatic heterocycles. The van der Waals surface area contributed by atoms with Crippen LogP contribution in [0.25, 0.3) is 11.5 Å². The van der Waals surface area contributed by atoms with Crippen molar-refractivity contribution in [2.45, 2.75) is 26.3 Å². The molecule has 0 bridgehead atoms. The van der Waals surface area contributed by atoms with Crippen LogP contribution < -0.4 is 5.32 Å². The maximum Gasteiger partial charge on any atom is 0.247 e. The van der Waals surface area contributed by atoms with Crippen LogP contribution in [0, 0.1) is 6.92 Å². The van der Waals surface area contributed by atoms with Crippen molar-refractivity contribution in [3.05, 3.63) is 71.6 Å². The van der Waals surface area contributed by atoms with Crippen LogP contribution >= 0.6 is 0 Å². The van der Waals surface area contributed by atoms with E-state index in [2.05, 4.69) is 28.5 Å². The fourth-order valence-corrected chi connectivity index (χ4v) is 2.42. The van der Waals surface area contributed by atoms with Crippen molar-refractivity contribution >= 4 is 5.91 Å². The highest BCUT2D eigenvalue weighted by atomic mass is 16.4. The molecule has 122 valence electrons. The average molecular weight is 321 g/mol. The molecule has 0 aliphatic carbocycles. The minimum atomic E-state index is -0.0299. The molecule has 0 aliphatic rings. The fraction of sp³-hybridized carbons (Fsp3) is 0.211. The Labute approximate surface area is 140 Å². The summed E-state index contributed by atoms with van der Waals surface area (Å²) in [5.41, 5.74) is 3.26. The number of nitrogens with one attached hydrogen (secondary N) is 1. The summed E-state index contributed by atoms with van der Waals surface area (Å²) in [6.07, 6.45) is 1.15. The minimum absolute atomic E-state index is 0.0299. The maximum atomic E-state index is 12.0. The summed E-state index contributed by atoms with van der Waals surface area (Å²) in [4.78, 5) is 12.0. The largest absolute Gasteiger partial charge is 0.419 e. The van der Waals surface area contributed by atoms with Crippen LogP contribution in [0.1, 0.15) is 23.4 Å². The molecule has 0 fully saturated rings. The molecule has 3 aromatic rings. The molecule has 0 spiro atoms. The molecule has 24 heavy (non-hydrogen) atoms. The Morgan fingerprint density at radius 2 is 1.79 bits per heavy atom. The van der Waals surface area contributed by atoms with E-state index in [1.54, 1.807) is 0 Å². The molecule has 0 saturated heterocycles. The predicted octanol–water partition coefficient (Wildman–Crippen LogP) is 3.29. The van der Waals surface area contributed by atoms with Crippen molar-refractivity contribution in [3.63, 3.8) is 0 Å². The molecule has 1 N–H and O–H groups in total. The molecule has 0 unspecified atom stereocenters. The van der Waals surface area contributed by atoms with Gasteiger partial charge in [-0.2, -0.15) is 0 Å². The number of benzene rings is 2. The molecule has 2 aromatic carbocycles. The topological polar surface area (TPSA) is 68.0 Å². The highest BCUT2D eigenvalue weighted by Gasteiger charge is 2.10. The Bertz CT molecular complexity index is 812. The van der Waals surface area contributed by atoms with E-state index in [1.165, 1.54) is 11.1 Å². The first-order valence-corrected chi connectivity index (χ1v) is 7.91. The van der Waals surface area contributed by atoms with Crippen molar-refractivity contribution in [3.8, 4) is 11.5 Å². The van der Waals surface area contributed by atoms with E-state index in [9.17, 15) is 4.79 Å². The van der Waals surface area contributed by atoms with Gasteiger partial charge in [-0.25, -0.2) is 0 Å². The molecule has 5 nitrogen and oxygen atoms in total. The monoisotopic (exact) mass is 321 g/mol. The molecule has 5 heteroatoms. The second kappa shape index (κ2) is 7.55. The smallest absolute Gasteiger partial charge is 0.247 e. The molecule has 1 amide bonds. The lowest BCUT2D eigenvalue weighted by Gasteiger charge is -2.05. The molecule has 0 atom stereocenters. The zero-order valence-corrected chi connectivity index (χ0v) is 13.5. The lowest BCUT2D eigenvalue weighted by Crippen LogP contribution is -2.23. The maximum absolute atomic E-state index is 12.0. The van der Waals surface area contributed by atoms with Gasteiger partial charge >= 0.3 is 0 Å². The number of carbonyl (C=O) groups excluding carboxylic acids is 1. The van der Waals surface area contributed by atoms with E-state index in [1.807, 2.05) is 48.5 Å². The van der Waals surface area contributed by atoms with Gasteiger partial charge in [0.1, 0.15) is 0 Å². The Morgan fingerprint density at radius 3 is 2.58 bits per heavy atom. The van der Waals surface area contributed by atoms with Gasteiger partial charge in [-0.15, -0.1) is 10.2 Å². The number of carbonyl (C=O) groups is 1. The van der Waals surface area contributed by atoms with Gasteiger partial charge in [-0.05, 0) is 36.6 Å². The minimum Gasteiger partial charge on any atom is -0.419 e.